The summed E-state index contributed by atoms with van der Waals surface area (Å²) in [6.07, 6.45) is 2.06. The Bertz CT molecular complexity index is 988. The van der Waals surface area contributed by atoms with Gasteiger partial charge in [-0.15, -0.1) is 11.3 Å². The number of amidine groups is 1. The fraction of sp³-hybridized carbons (Fsp3) is 0.105. The van der Waals surface area contributed by atoms with Crippen LogP contribution < -0.4 is 5.43 Å². The number of hydrazone groups is 1. The van der Waals surface area contributed by atoms with Crippen LogP contribution in [0.25, 0.3) is 16.3 Å². The van der Waals surface area contributed by atoms with Gasteiger partial charge < -0.3 is 4.90 Å². The van der Waals surface area contributed by atoms with Crippen molar-refractivity contribution < 1.29 is 4.79 Å². The molecule has 0 aliphatic carbocycles. The van der Waals surface area contributed by atoms with Gasteiger partial charge in [0.2, 0.25) is 5.78 Å². The molecule has 0 amide bonds. The zero-order chi connectivity index (χ0) is 18.1. The van der Waals surface area contributed by atoms with E-state index in [2.05, 4.69) is 22.1 Å². The van der Waals surface area contributed by atoms with E-state index < -0.39 is 0 Å². The molecule has 1 aromatic carbocycles. The number of ketones is 1. The van der Waals surface area contributed by atoms with E-state index in [4.69, 9.17) is 0 Å². The number of imidazole rings is 1. The smallest absolute Gasteiger partial charge is 0.206 e. The number of nitrogens with one attached hydrogen (secondary N) is 1. The molecule has 0 spiro atoms. The zero-order valence-corrected chi connectivity index (χ0v) is 15.0. The SMILES string of the molecule is C=C1NN=C(CC(=O)c2nc(-c3cccs3)cn2-c2ccccc2)N1C. The number of rotatable bonds is 5. The van der Waals surface area contributed by atoms with E-state index >= 15 is 0 Å². The van der Waals surface area contributed by atoms with Crippen molar-refractivity contribution in [1.29, 1.82) is 0 Å². The van der Waals surface area contributed by atoms with Crippen LogP contribution in [0.2, 0.25) is 0 Å². The molecule has 130 valence electrons. The van der Waals surface area contributed by atoms with Gasteiger partial charge in [-0.3, -0.25) is 14.8 Å². The molecule has 1 N–H and O–H groups in total. The summed E-state index contributed by atoms with van der Waals surface area (Å²) in [6.45, 7) is 3.84. The molecule has 26 heavy (non-hydrogen) atoms. The van der Waals surface area contributed by atoms with Gasteiger partial charge in [0.25, 0.3) is 0 Å². The molecule has 1 aliphatic heterocycles. The summed E-state index contributed by atoms with van der Waals surface area (Å²) < 4.78 is 1.84. The minimum absolute atomic E-state index is 0.0984. The van der Waals surface area contributed by atoms with Crippen molar-refractivity contribution in [2.45, 2.75) is 6.42 Å². The van der Waals surface area contributed by atoms with Crippen LogP contribution in [0.15, 0.2) is 71.5 Å². The van der Waals surface area contributed by atoms with Crippen LogP contribution in [0.4, 0.5) is 0 Å². The van der Waals surface area contributed by atoms with Gasteiger partial charge in [0.05, 0.1) is 17.0 Å². The van der Waals surface area contributed by atoms with Crippen molar-refractivity contribution in [3.8, 4) is 16.3 Å². The highest BCUT2D eigenvalue weighted by atomic mass is 32.1. The molecule has 0 unspecified atom stereocenters. The molecule has 6 nitrogen and oxygen atoms in total. The molecule has 0 saturated heterocycles. The molecular formula is C19H17N5OS. The lowest BCUT2D eigenvalue weighted by Gasteiger charge is -2.13. The first-order chi connectivity index (χ1) is 12.6. The fourth-order valence-electron chi connectivity index (χ4n) is 2.72. The number of nitrogens with zero attached hydrogens (tertiary/aromatic N) is 4. The van der Waals surface area contributed by atoms with E-state index in [-0.39, 0.29) is 12.2 Å². The Labute approximate surface area is 155 Å². The molecule has 0 fully saturated rings. The van der Waals surface area contributed by atoms with Crippen LogP contribution in [0.3, 0.4) is 0 Å². The number of hydrogen-bond acceptors (Lipinski definition) is 6. The maximum absolute atomic E-state index is 13.0. The van der Waals surface area contributed by atoms with Crippen LogP contribution >= 0.6 is 11.3 Å². The van der Waals surface area contributed by atoms with Crippen molar-refractivity contribution in [1.82, 2.24) is 19.9 Å². The van der Waals surface area contributed by atoms with Crippen molar-refractivity contribution in [2.75, 3.05) is 7.05 Å². The van der Waals surface area contributed by atoms with E-state index in [1.807, 2.05) is 65.7 Å². The molecular weight excluding hydrogens is 346 g/mol. The third kappa shape index (κ3) is 2.93. The molecule has 0 saturated carbocycles. The number of carbonyl (C=O) groups excluding carboxylic acids is 1. The summed E-state index contributed by atoms with van der Waals surface area (Å²) in [5.41, 5.74) is 4.48. The van der Waals surface area contributed by atoms with Gasteiger partial charge in [-0.2, -0.15) is 5.10 Å². The third-order valence-electron chi connectivity index (χ3n) is 4.19. The molecule has 0 radical (unpaired) electrons. The Balaban J connectivity index is 1.72. The van der Waals surface area contributed by atoms with Gasteiger partial charge >= 0.3 is 0 Å². The summed E-state index contributed by atoms with van der Waals surface area (Å²) >= 11 is 1.60. The number of carbonyl (C=O) groups is 1. The topological polar surface area (TPSA) is 62.5 Å². The van der Waals surface area contributed by atoms with Crippen molar-refractivity contribution in [3.05, 3.63) is 72.3 Å². The predicted molar refractivity (Wildman–Crippen MR) is 103 cm³/mol. The number of hydrogen-bond donors (Lipinski definition) is 1. The van der Waals surface area contributed by atoms with Crippen molar-refractivity contribution in [3.63, 3.8) is 0 Å². The van der Waals surface area contributed by atoms with Crippen LogP contribution in [0.1, 0.15) is 17.0 Å². The van der Waals surface area contributed by atoms with E-state index in [1.54, 1.807) is 16.2 Å². The molecule has 4 rings (SSSR count). The quantitative estimate of drug-likeness (QED) is 0.705. The summed E-state index contributed by atoms with van der Waals surface area (Å²) in [5.74, 6) is 1.57. The maximum Gasteiger partial charge on any atom is 0.206 e. The number of thiophene rings is 1. The van der Waals surface area contributed by atoms with Crippen molar-refractivity contribution >= 4 is 23.0 Å². The molecule has 0 bridgehead atoms. The van der Waals surface area contributed by atoms with Crippen LogP contribution in [0.5, 0.6) is 0 Å². The number of aromatic nitrogens is 2. The fourth-order valence-corrected chi connectivity index (χ4v) is 3.40. The first kappa shape index (κ1) is 16.3. The highest BCUT2D eigenvalue weighted by molar-refractivity contribution is 7.13. The standard InChI is InChI=1S/C19H17N5OS/c1-13-21-22-18(23(13)2)11-16(25)19-20-15(17-9-6-10-26-17)12-24(19)14-7-4-3-5-8-14/h3-10,12,21H,1,11H2,2H3. The molecule has 2 aromatic heterocycles. The molecule has 7 heteroatoms. The average Bonchev–Trinajstić information content (AvgIpc) is 3.39. The van der Waals surface area contributed by atoms with E-state index in [9.17, 15) is 4.79 Å². The summed E-state index contributed by atoms with van der Waals surface area (Å²) in [4.78, 5) is 20.4. The zero-order valence-electron chi connectivity index (χ0n) is 14.2. The lowest BCUT2D eigenvalue weighted by atomic mass is 10.2. The Kier molecular flexibility index (Phi) is 4.14. The van der Waals surface area contributed by atoms with E-state index in [1.165, 1.54) is 0 Å². The van der Waals surface area contributed by atoms with E-state index in [0.717, 1.165) is 16.3 Å². The Morgan fingerprint density at radius 2 is 2.04 bits per heavy atom. The predicted octanol–water partition coefficient (Wildman–Crippen LogP) is 3.49. The second kappa shape index (κ2) is 6.61. The minimum Gasteiger partial charge on any atom is -0.317 e. The van der Waals surface area contributed by atoms with Crippen LogP contribution in [-0.2, 0) is 0 Å². The van der Waals surface area contributed by atoms with Crippen LogP contribution in [0, 0.1) is 0 Å². The van der Waals surface area contributed by atoms with Crippen molar-refractivity contribution in [2.24, 2.45) is 5.10 Å². The molecule has 1 aliphatic rings. The number of Topliss-reactive ketones (excluding diaryl/α,β-unsaturated/α-hetero) is 1. The van der Waals surface area contributed by atoms with Gasteiger partial charge in [0.1, 0.15) is 11.7 Å². The highest BCUT2D eigenvalue weighted by Gasteiger charge is 2.24. The summed E-state index contributed by atoms with van der Waals surface area (Å²) in [6, 6.07) is 13.7. The minimum atomic E-state index is -0.0984. The largest absolute Gasteiger partial charge is 0.317 e. The second-order valence-electron chi connectivity index (χ2n) is 5.88. The van der Waals surface area contributed by atoms with Gasteiger partial charge in [0.15, 0.2) is 5.82 Å². The number of para-hydroxylation sites is 1. The lowest BCUT2D eigenvalue weighted by molar-refractivity contribution is 0.0987. The lowest BCUT2D eigenvalue weighted by Crippen LogP contribution is -2.25. The molecule has 3 heterocycles. The highest BCUT2D eigenvalue weighted by Crippen LogP contribution is 2.26. The first-order valence-corrected chi connectivity index (χ1v) is 8.98. The Hall–Kier alpha value is -3.19. The monoisotopic (exact) mass is 363 g/mol. The summed E-state index contributed by atoms with van der Waals surface area (Å²) in [7, 11) is 1.83. The second-order valence-corrected chi connectivity index (χ2v) is 6.83. The van der Waals surface area contributed by atoms with Gasteiger partial charge in [-0.25, -0.2) is 4.98 Å². The Morgan fingerprint density at radius 3 is 2.69 bits per heavy atom. The molecule has 3 aromatic rings. The van der Waals surface area contributed by atoms with Gasteiger partial charge in [0, 0.05) is 18.9 Å². The molecule has 0 atom stereocenters. The maximum atomic E-state index is 13.0. The van der Waals surface area contributed by atoms with Crippen LogP contribution in [-0.4, -0.2) is 33.1 Å². The number of benzene rings is 1. The van der Waals surface area contributed by atoms with E-state index in [0.29, 0.717) is 17.5 Å². The third-order valence-corrected chi connectivity index (χ3v) is 5.08. The summed E-state index contributed by atoms with van der Waals surface area (Å²) in [5, 5.41) is 6.16. The Morgan fingerprint density at radius 1 is 1.23 bits per heavy atom. The van der Waals surface area contributed by atoms with Gasteiger partial charge in [-0.1, -0.05) is 30.8 Å². The first-order valence-electron chi connectivity index (χ1n) is 8.10. The average molecular weight is 363 g/mol. The normalized spacial score (nSPS) is 13.7. The van der Waals surface area contributed by atoms with Gasteiger partial charge in [-0.05, 0) is 23.6 Å².